The van der Waals surface area contributed by atoms with Crippen LogP contribution in [0.15, 0.2) is 39.9 Å². The van der Waals surface area contributed by atoms with Crippen LogP contribution in [0.5, 0.6) is 0 Å². The van der Waals surface area contributed by atoms with Gasteiger partial charge in [0.15, 0.2) is 0 Å². The molecule has 1 aromatic carbocycles. The molecule has 1 heterocycles. The van der Waals surface area contributed by atoms with E-state index in [2.05, 4.69) is 9.99 Å². The molecule has 0 atom stereocenters. The second-order valence-electron chi connectivity index (χ2n) is 3.94. The summed E-state index contributed by atoms with van der Waals surface area (Å²) >= 11 is 6.01. The molecule has 0 bridgehead atoms. The van der Waals surface area contributed by atoms with Crippen LogP contribution in [0.3, 0.4) is 0 Å². The van der Waals surface area contributed by atoms with Crippen molar-refractivity contribution >= 4 is 29.5 Å². The number of nitrogens with zero attached hydrogens (tertiary/aromatic N) is 2. The van der Waals surface area contributed by atoms with Crippen molar-refractivity contribution in [3.05, 3.63) is 51.2 Å². The van der Waals surface area contributed by atoms with Crippen LogP contribution in [-0.4, -0.2) is 17.1 Å². The van der Waals surface area contributed by atoms with Gasteiger partial charge in [0.25, 0.3) is 5.69 Å². The smallest absolute Gasteiger partial charge is 0.331 e. The molecule has 0 saturated heterocycles. The standard InChI is InChI=1S/C13H9ClN2O5/c1-8(17)21-15-7-10-3-5-13(20-10)11-6-9(16(18)19)2-4-12(11)14/h2-7H,1H3/b15-7+. The SMILES string of the molecule is CC(=O)O/N=C/c1ccc(-c2cc([N+](=O)[O-])ccc2Cl)o1. The van der Waals surface area contributed by atoms with Gasteiger partial charge < -0.3 is 9.25 Å². The molecule has 0 aliphatic heterocycles. The first kappa shape index (κ1) is 14.7. The zero-order valence-electron chi connectivity index (χ0n) is 10.8. The van der Waals surface area contributed by atoms with Crippen molar-refractivity contribution in [3.8, 4) is 11.3 Å². The fraction of sp³-hybridized carbons (Fsp3) is 0.0769. The maximum atomic E-state index is 10.8. The van der Waals surface area contributed by atoms with E-state index in [-0.39, 0.29) is 5.69 Å². The minimum atomic E-state index is -0.556. The first-order chi connectivity index (χ1) is 9.97. The van der Waals surface area contributed by atoms with Gasteiger partial charge in [-0.25, -0.2) is 4.79 Å². The zero-order chi connectivity index (χ0) is 15.4. The van der Waals surface area contributed by atoms with Crippen LogP contribution < -0.4 is 0 Å². The molecule has 2 aromatic rings. The van der Waals surface area contributed by atoms with Gasteiger partial charge in [0.05, 0.1) is 9.95 Å². The van der Waals surface area contributed by atoms with Crippen LogP contribution in [0.1, 0.15) is 12.7 Å². The molecule has 1 aromatic heterocycles. The number of carbonyl (C=O) groups is 1. The molecule has 0 aliphatic rings. The summed E-state index contributed by atoms with van der Waals surface area (Å²) in [5, 5.41) is 14.5. The fourth-order valence-corrected chi connectivity index (χ4v) is 1.75. The number of furan rings is 1. The van der Waals surface area contributed by atoms with E-state index in [4.69, 9.17) is 16.0 Å². The highest BCUT2D eigenvalue weighted by Crippen LogP contribution is 2.32. The van der Waals surface area contributed by atoms with E-state index in [9.17, 15) is 14.9 Å². The number of nitro benzene ring substituents is 1. The number of halogens is 1. The third kappa shape index (κ3) is 3.67. The van der Waals surface area contributed by atoms with E-state index in [0.717, 1.165) is 0 Å². The van der Waals surface area contributed by atoms with Crippen molar-refractivity contribution in [2.75, 3.05) is 0 Å². The third-order valence-electron chi connectivity index (χ3n) is 2.41. The van der Waals surface area contributed by atoms with Crippen molar-refractivity contribution in [1.29, 1.82) is 0 Å². The van der Waals surface area contributed by atoms with Gasteiger partial charge in [0.1, 0.15) is 17.7 Å². The first-order valence-corrected chi connectivity index (χ1v) is 6.10. The number of hydrogen-bond acceptors (Lipinski definition) is 6. The molecule has 0 saturated carbocycles. The summed E-state index contributed by atoms with van der Waals surface area (Å²) in [6, 6.07) is 7.19. The van der Waals surface area contributed by atoms with E-state index in [0.29, 0.717) is 22.1 Å². The summed E-state index contributed by atoms with van der Waals surface area (Å²) in [5.41, 5.74) is 0.291. The summed E-state index contributed by atoms with van der Waals surface area (Å²) in [6.07, 6.45) is 1.20. The van der Waals surface area contributed by atoms with Gasteiger partial charge in [-0.1, -0.05) is 16.8 Å². The van der Waals surface area contributed by atoms with Gasteiger partial charge >= 0.3 is 5.97 Å². The summed E-state index contributed by atoms with van der Waals surface area (Å²) < 4.78 is 5.42. The van der Waals surface area contributed by atoms with Gasteiger partial charge in [-0.05, 0) is 18.2 Å². The monoisotopic (exact) mass is 308 g/mol. The second-order valence-corrected chi connectivity index (χ2v) is 4.35. The molecular formula is C13H9ClN2O5. The lowest BCUT2D eigenvalue weighted by Gasteiger charge is -2.00. The highest BCUT2D eigenvalue weighted by atomic mass is 35.5. The van der Waals surface area contributed by atoms with Crippen LogP contribution >= 0.6 is 11.6 Å². The van der Waals surface area contributed by atoms with Gasteiger partial charge in [-0.3, -0.25) is 10.1 Å². The molecule has 2 rings (SSSR count). The molecule has 0 aliphatic carbocycles. The predicted molar refractivity (Wildman–Crippen MR) is 75.2 cm³/mol. The average Bonchev–Trinajstić information content (AvgIpc) is 2.87. The quantitative estimate of drug-likeness (QED) is 0.373. The Balaban J connectivity index is 2.29. The molecule has 108 valence electrons. The van der Waals surface area contributed by atoms with Crippen molar-refractivity contribution in [2.45, 2.75) is 6.92 Å². The number of rotatable bonds is 4. The van der Waals surface area contributed by atoms with Crippen molar-refractivity contribution in [1.82, 2.24) is 0 Å². The lowest BCUT2D eigenvalue weighted by molar-refractivity contribution is -0.384. The second kappa shape index (κ2) is 6.19. The van der Waals surface area contributed by atoms with Crippen LogP contribution in [0, 0.1) is 10.1 Å². The molecule has 0 unspecified atom stereocenters. The summed E-state index contributed by atoms with van der Waals surface area (Å²) in [5.74, 6) is 0.0987. The van der Waals surface area contributed by atoms with Crippen LogP contribution in [0.2, 0.25) is 5.02 Å². The van der Waals surface area contributed by atoms with Crippen LogP contribution in [0.4, 0.5) is 5.69 Å². The number of nitro groups is 1. The largest absolute Gasteiger partial charge is 0.455 e. The Morgan fingerprint density at radius 1 is 1.43 bits per heavy atom. The van der Waals surface area contributed by atoms with Crippen LogP contribution in [-0.2, 0) is 9.63 Å². The Bertz CT molecular complexity index is 723. The Hall–Kier alpha value is -2.67. The molecule has 0 fully saturated rings. The normalized spacial score (nSPS) is 10.8. The lowest BCUT2D eigenvalue weighted by atomic mass is 10.1. The molecular weight excluding hydrogens is 300 g/mol. The zero-order valence-corrected chi connectivity index (χ0v) is 11.5. The molecule has 0 spiro atoms. The van der Waals surface area contributed by atoms with Crippen LogP contribution in [0.25, 0.3) is 11.3 Å². The molecule has 8 heteroatoms. The van der Waals surface area contributed by atoms with E-state index in [1.54, 1.807) is 12.1 Å². The van der Waals surface area contributed by atoms with Gasteiger partial charge in [0.2, 0.25) is 0 Å². The van der Waals surface area contributed by atoms with Crippen molar-refractivity contribution in [2.24, 2.45) is 5.16 Å². The molecule has 7 nitrogen and oxygen atoms in total. The van der Waals surface area contributed by atoms with E-state index in [1.807, 2.05) is 0 Å². The maximum absolute atomic E-state index is 10.8. The highest BCUT2D eigenvalue weighted by molar-refractivity contribution is 6.33. The number of hydrogen-bond donors (Lipinski definition) is 0. The Morgan fingerprint density at radius 2 is 2.19 bits per heavy atom. The number of carbonyl (C=O) groups excluding carboxylic acids is 1. The van der Waals surface area contributed by atoms with Gasteiger partial charge in [-0.2, -0.15) is 0 Å². The minimum absolute atomic E-state index is 0.0964. The molecule has 0 radical (unpaired) electrons. The lowest BCUT2D eigenvalue weighted by Crippen LogP contribution is -1.91. The topological polar surface area (TPSA) is 94.9 Å². The summed E-state index contributed by atoms with van der Waals surface area (Å²) in [4.78, 5) is 25.2. The van der Waals surface area contributed by atoms with E-state index < -0.39 is 10.9 Å². The van der Waals surface area contributed by atoms with E-state index >= 15 is 0 Å². The Kier molecular flexibility index (Phi) is 4.34. The van der Waals surface area contributed by atoms with Gasteiger partial charge in [-0.15, -0.1) is 0 Å². The third-order valence-corrected chi connectivity index (χ3v) is 2.74. The Morgan fingerprint density at radius 3 is 2.86 bits per heavy atom. The molecule has 0 amide bonds. The molecule has 21 heavy (non-hydrogen) atoms. The summed E-state index contributed by atoms with van der Waals surface area (Å²) in [7, 11) is 0. The van der Waals surface area contributed by atoms with Crippen molar-refractivity contribution < 1.29 is 19.0 Å². The summed E-state index contributed by atoms with van der Waals surface area (Å²) in [6.45, 7) is 1.22. The minimum Gasteiger partial charge on any atom is -0.455 e. The predicted octanol–water partition coefficient (Wildman–Crippen LogP) is 3.41. The Labute approximate surface area is 123 Å². The van der Waals surface area contributed by atoms with Crippen molar-refractivity contribution in [3.63, 3.8) is 0 Å². The van der Waals surface area contributed by atoms with Gasteiger partial charge in [0, 0.05) is 24.6 Å². The number of oxime groups is 1. The highest BCUT2D eigenvalue weighted by Gasteiger charge is 2.14. The fourth-order valence-electron chi connectivity index (χ4n) is 1.54. The number of non-ortho nitro benzene ring substituents is 1. The average molecular weight is 309 g/mol. The molecule has 0 N–H and O–H groups in total. The number of benzene rings is 1. The van der Waals surface area contributed by atoms with E-state index in [1.165, 1.54) is 31.3 Å². The maximum Gasteiger partial charge on any atom is 0.331 e. The first-order valence-electron chi connectivity index (χ1n) is 5.72.